The lowest BCUT2D eigenvalue weighted by atomic mass is 10.0. The molecule has 1 aromatic carbocycles. The molecule has 0 aromatic heterocycles. The Morgan fingerprint density at radius 2 is 2.15 bits per heavy atom. The molecule has 0 aliphatic carbocycles. The molecule has 4 nitrogen and oxygen atoms in total. The standard InChI is InChI=1S/C16H25NO3/c1-3-17-10-11-20-16(12-17)15(18)9-6-13-4-7-14(19-2)8-5-13/h4-5,7-8,15-16,18H,3,6,9-12H2,1-2H3. The third kappa shape index (κ3) is 4.20. The van der Waals surface area contributed by atoms with Gasteiger partial charge in [-0.25, -0.2) is 0 Å². The molecular formula is C16H25NO3. The van der Waals surface area contributed by atoms with Crippen LogP contribution in [0.3, 0.4) is 0 Å². The van der Waals surface area contributed by atoms with Crippen LogP contribution in [0.25, 0.3) is 0 Å². The molecule has 1 aliphatic heterocycles. The van der Waals surface area contributed by atoms with E-state index < -0.39 is 6.10 Å². The van der Waals surface area contributed by atoms with E-state index in [1.54, 1.807) is 7.11 Å². The van der Waals surface area contributed by atoms with E-state index in [0.717, 1.165) is 44.8 Å². The van der Waals surface area contributed by atoms with Gasteiger partial charge in [-0.1, -0.05) is 19.1 Å². The van der Waals surface area contributed by atoms with Crippen molar-refractivity contribution < 1.29 is 14.6 Å². The van der Waals surface area contributed by atoms with E-state index >= 15 is 0 Å². The van der Waals surface area contributed by atoms with Crippen molar-refractivity contribution in [2.75, 3.05) is 33.4 Å². The van der Waals surface area contributed by atoms with Crippen molar-refractivity contribution in [3.63, 3.8) is 0 Å². The fourth-order valence-corrected chi connectivity index (χ4v) is 2.54. The molecule has 2 rings (SSSR count). The molecule has 2 atom stereocenters. The smallest absolute Gasteiger partial charge is 0.118 e. The zero-order valence-corrected chi connectivity index (χ0v) is 12.4. The summed E-state index contributed by atoms with van der Waals surface area (Å²) in [6, 6.07) is 8.01. The Hall–Kier alpha value is -1.10. The first-order valence-corrected chi connectivity index (χ1v) is 7.38. The second kappa shape index (κ2) is 7.62. The molecule has 1 aromatic rings. The maximum absolute atomic E-state index is 10.3. The van der Waals surface area contributed by atoms with E-state index in [2.05, 4.69) is 11.8 Å². The average molecular weight is 279 g/mol. The van der Waals surface area contributed by atoms with Crippen LogP contribution in [0.1, 0.15) is 18.9 Å². The van der Waals surface area contributed by atoms with Gasteiger partial charge in [0.05, 0.1) is 25.9 Å². The summed E-state index contributed by atoms with van der Waals surface area (Å²) in [5, 5.41) is 10.3. The molecular weight excluding hydrogens is 254 g/mol. The van der Waals surface area contributed by atoms with E-state index in [0.29, 0.717) is 0 Å². The van der Waals surface area contributed by atoms with Crippen LogP contribution in [0.5, 0.6) is 5.75 Å². The Bertz CT molecular complexity index is 393. The van der Waals surface area contributed by atoms with Crippen molar-refractivity contribution >= 4 is 0 Å². The first-order valence-electron chi connectivity index (χ1n) is 7.38. The fourth-order valence-electron chi connectivity index (χ4n) is 2.54. The van der Waals surface area contributed by atoms with Crippen LogP contribution in [0.2, 0.25) is 0 Å². The number of aliphatic hydroxyl groups excluding tert-OH is 1. The number of methoxy groups -OCH3 is 1. The lowest BCUT2D eigenvalue weighted by Crippen LogP contribution is -2.47. The van der Waals surface area contributed by atoms with Crippen molar-refractivity contribution in [1.82, 2.24) is 4.90 Å². The topological polar surface area (TPSA) is 41.9 Å². The zero-order chi connectivity index (χ0) is 14.4. The molecule has 1 heterocycles. The number of ether oxygens (including phenoxy) is 2. The third-order valence-corrected chi connectivity index (χ3v) is 3.94. The van der Waals surface area contributed by atoms with Gasteiger partial charge in [0.25, 0.3) is 0 Å². The van der Waals surface area contributed by atoms with Crippen molar-refractivity contribution in [2.24, 2.45) is 0 Å². The summed E-state index contributed by atoms with van der Waals surface area (Å²) in [4.78, 5) is 2.32. The highest BCUT2D eigenvalue weighted by Gasteiger charge is 2.25. The molecule has 112 valence electrons. The van der Waals surface area contributed by atoms with Crippen molar-refractivity contribution in [2.45, 2.75) is 32.0 Å². The number of benzene rings is 1. The Morgan fingerprint density at radius 1 is 1.40 bits per heavy atom. The van der Waals surface area contributed by atoms with Crippen LogP contribution in [0.15, 0.2) is 24.3 Å². The molecule has 1 fully saturated rings. The summed E-state index contributed by atoms with van der Waals surface area (Å²) < 4.78 is 10.8. The summed E-state index contributed by atoms with van der Waals surface area (Å²) >= 11 is 0. The minimum Gasteiger partial charge on any atom is -0.497 e. The first-order chi connectivity index (χ1) is 9.72. The number of hydrogen-bond donors (Lipinski definition) is 1. The van der Waals surface area contributed by atoms with Gasteiger partial charge >= 0.3 is 0 Å². The van der Waals surface area contributed by atoms with E-state index in [1.807, 2.05) is 24.3 Å². The van der Waals surface area contributed by atoms with Crippen LogP contribution in [0.4, 0.5) is 0 Å². The van der Waals surface area contributed by atoms with Crippen molar-refractivity contribution in [3.8, 4) is 5.75 Å². The van der Waals surface area contributed by atoms with Crippen LogP contribution in [0, 0.1) is 0 Å². The maximum Gasteiger partial charge on any atom is 0.118 e. The number of likely N-dealkylation sites (N-methyl/N-ethyl adjacent to an activating group) is 1. The van der Waals surface area contributed by atoms with Gasteiger partial charge in [0.15, 0.2) is 0 Å². The van der Waals surface area contributed by atoms with Gasteiger partial charge in [0.2, 0.25) is 0 Å². The molecule has 0 spiro atoms. The number of aliphatic hydroxyl groups is 1. The largest absolute Gasteiger partial charge is 0.497 e. The minimum absolute atomic E-state index is 0.0538. The molecule has 1 N–H and O–H groups in total. The molecule has 0 amide bonds. The van der Waals surface area contributed by atoms with Gasteiger partial charge in [-0.3, -0.25) is 4.90 Å². The lowest BCUT2D eigenvalue weighted by molar-refractivity contribution is -0.0890. The Labute approximate surface area is 121 Å². The number of hydrogen-bond acceptors (Lipinski definition) is 4. The van der Waals surface area contributed by atoms with Gasteiger partial charge in [-0.15, -0.1) is 0 Å². The van der Waals surface area contributed by atoms with Gasteiger partial charge in [0.1, 0.15) is 5.75 Å². The molecule has 1 aliphatic rings. The van der Waals surface area contributed by atoms with E-state index in [9.17, 15) is 5.11 Å². The molecule has 0 saturated carbocycles. The van der Waals surface area contributed by atoms with E-state index in [4.69, 9.17) is 9.47 Å². The normalized spacial score (nSPS) is 21.6. The molecule has 0 bridgehead atoms. The number of nitrogens with zero attached hydrogens (tertiary/aromatic N) is 1. The molecule has 4 heteroatoms. The Balaban J connectivity index is 1.80. The van der Waals surface area contributed by atoms with Gasteiger partial charge in [0, 0.05) is 13.1 Å². The van der Waals surface area contributed by atoms with Crippen LogP contribution in [-0.4, -0.2) is 55.6 Å². The molecule has 2 unspecified atom stereocenters. The molecule has 1 saturated heterocycles. The summed E-state index contributed by atoms with van der Waals surface area (Å²) in [6.45, 7) is 5.69. The van der Waals surface area contributed by atoms with E-state index in [-0.39, 0.29) is 6.10 Å². The average Bonchev–Trinajstić information content (AvgIpc) is 2.53. The van der Waals surface area contributed by atoms with Gasteiger partial charge in [-0.2, -0.15) is 0 Å². The van der Waals surface area contributed by atoms with Crippen molar-refractivity contribution in [1.29, 1.82) is 0 Å². The van der Waals surface area contributed by atoms with Crippen molar-refractivity contribution in [3.05, 3.63) is 29.8 Å². The third-order valence-electron chi connectivity index (χ3n) is 3.94. The quantitative estimate of drug-likeness (QED) is 0.861. The molecule has 0 radical (unpaired) electrons. The van der Waals surface area contributed by atoms with Crippen LogP contribution < -0.4 is 4.74 Å². The summed E-state index contributed by atoms with van der Waals surface area (Å²) in [7, 11) is 1.67. The monoisotopic (exact) mass is 279 g/mol. The van der Waals surface area contributed by atoms with Gasteiger partial charge < -0.3 is 14.6 Å². The SMILES string of the molecule is CCN1CCOC(C(O)CCc2ccc(OC)cc2)C1. The Morgan fingerprint density at radius 3 is 2.80 bits per heavy atom. The van der Waals surface area contributed by atoms with Crippen LogP contribution in [-0.2, 0) is 11.2 Å². The summed E-state index contributed by atoms with van der Waals surface area (Å²) in [5.41, 5.74) is 1.22. The number of rotatable bonds is 6. The predicted octanol–water partition coefficient (Wildman–Crippen LogP) is 1.71. The second-order valence-electron chi connectivity index (χ2n) is 5.26. The number of aryl methyl sites for hydroxylation is 1. The maximum atomic E-state index is 10.3. The highest BCUT2D eigenvalue weighted by atomic mass is 16.5. The summed E-state index contributed by atoms with van der Waals surface area (Å²) in [5.74, 6) is 0.864. The minimum atomic E-state index is -0.397. The molecule has 20 heavy (non-hydrogen) atoms. The zero-order valence-electron chi connectivity index (χ0n) is 12.4. The van der Waals surface area contributed by atoms with Crippen LogP contribution >= 0.6 is 0 Å². The fraction of sp³-hybridized carbons (Fsp3) is 0.625. The highest BCUT2D eigenvalue weighted by Crippen LogP contribution is 2.16. The lowest BCUT2D eigenvalue weighted by Gasteiger charge is -2.34. The van der Waals surface area contributed by atoms with E-state index in [1.165, 1.54) is 5.56 Å². The van der Waals surface area contributed by atoms with Gasteiger partial charge in [-0.05, 0) is 37.1 Å². The Kier molecular flexibility index (Phi) is 5.83. The first kappa shape index (κ1) is 15.3. The summed E-state index contributed by atoms with van der Waals surface area (Å²) in [6.07, 6.45) is 1.14. The number of morpholine rings is 1. The predicted molar refractivity (Wildman–Crippen MR) is 79.2 cm³/mol. The second-order valence-corrected chi connectivity index (χ2v) is 5.26. The highest BCUT2D eigenvalue weighted by molar-refractivity contribution is 5.27.